The number of isothiocyanates is 1. The first-order valence-corrected chi connectivity index (χ1v) is 9.65. The molecule has 0 aliphatic rings. The van der Waals surface area contributed by atoms with Crippen molar-refractivity contribution in [3.63, 3.8) is 0 Å². The maximum absolute atomic E-state index is 14.0. The van der Waals surface area contributed by atoms with Gasteiger partial charge in [0.2, 0.25) is 0 Å². The van der Waals surface area contributed by atoms with Crippen LogP contribution in [0.5, 0.6) is 0 Å². The van der Waals surface area contributed by atoms with Crippen molar-refractivity contribution >= 4 is 55.1 Å². The zero-order chi connectivity index (χ0) is 16.2. The van der Waals surface area contributed by atoms with Crippen LogP contribution in [0, 0.1) is 5.82 Å². The minimum atomic E-state index is -0.364. The summed E-state index contributed by atoms with van der Waals surface area (Å²) in [5.41, 5.74) is 1.12. The lowest BCUT2D eigenvalue weighted by molar-refractivity contribution is 0.630. The number of hydrogen-bond donors (Lipinski definition) is 0. The summed E-state index contributed by atoms with van der Waals surface area (Å²) in [5, 5.41) is 2.20. The SMILES string of the molecule is CCCCCc1cc2sc(-c3ccc(N=C=S)c(F)c3)cc2s1. The fourth-order valence-electron chi connectivity index (χ4n) is 2.50. The molecule has 0 fully saturated rings. The molecule has 2 aromatic heterocycles. The number of unbranched alkanes of at least 4 members (excludes halogenated alkanes) is 2. The van der Waals surface area contributed by atoms with Crippen molar-refractivity contribution in [1.29, 1.82) is 0 Å². The number of thiocarbonyl (C=S) groups is 1. The maximum Gasteiger partial charge on any atom is 0.150 e. The van der Waals surface area contributed by atoms with Gasteiger partial charge < -0.3 is 0 Å². The summed E-state index contributed by atoms with van der Waals surface area (Å²) in [6.45, 7) is 2.22. The van der Waals surface area contributed by atoms with Crippen molar-refractivity contribution in [3.05, 3.63) is 41.0 Å². The Hall–Kier alpha value is -1.39. The zero-order valence-corrected chi connectivity index (χ0v) is 15.2. The Morgan fingerprint density at radius 1 is 1.13 bits per heavy atom. The van der Waals surface area contributed by atoms with E-state index in [2.05, 4.69) is 41.4 Å². The Morgan fingerprint density at radius 3 is 2.65 bits per heavy atom. The number of hydrogen-bond acceptors (Lipinski definition) is 4. The molecule has 0 saturated heterocycles. The molecule has 23 heavy (non-hydrogen) atoms. The molecule has 3 aromatic rings. The predicted molar refractivity (Wildman–Crippen MR) is 103 cm³/mol. The van der Waals surface area contributed by atoms with Gasteiger partial charge in [-0.2, -0.15) is 4.99 Å². The zero-order valence-electron chi connectivity index (χ0n) is 12.8. The van der Waals surface area contributed by atoms with Gasteiger partial charge in [-0.05, 0) is 54.9 Å². The Balaban J connectivity index is 1.84. The monoisotopic (exact) mass is 361 g/mol. The van der Waals surface area contributed by atoms with E-state index < -0.39 is 0 Å². The topological polar surface area (TPSA) is 12.4 Å². The van der Waals surface area contributed by atoms with E-state index in [1.807, 2.05) is 17.4 Å². The molecule has 5 heteroatoms. The molecule has 0 atom stereocenters. The van der Waals surface area contributed by atoms with Gasteiger partial charge in [0.25, 0.3) is 0 Å². The van der Waals surface area contributed by atoms with Crippen LogP contribution in [-0.2, 0) is 6.42 Å². The van der Waals surface area contributed by atoms with Crippen LogP contribution >= 0.6 is 34.9 Å². The first kappa shape index (κ1) is 16.5. The van der Waals surface area contributed by atoms with E-state index in [0.717, 1.165) is 16.9 Å². The van der Waals surface area contributed by atoms with Crippen LogP contribution in [0.3, 0.4) is 0 Å². The summed E-state index contributed by atoms with van der Waals surface area (Å²) < 4.78 is 16.5. The molecule has 0 saturated carbocycles. The second-order valence-corrected chi connectivity index (χ2v) is 7.81. The van der Waals surface area contributed by atoms with Crippen molar-refractivity contribution in [2.24, 2.45) is 4.99 Å². The quantitative estimate of drug-likeness (QED) is 0.256. The Kier molecular flexibility index (Phi) is 5.34. The largest absolute Gasteiger partial charge is 0.205 e. The second kappa shape index (κ2) is 7.45. The lowest BCUT2D eigenvalue weighted by Gasteiger charge is -2.00. The van der Waals surface area contributed by atoms with Gasteiger partial charge in [0.15, 0.2) is 0 Å². The highest BCUT2D eigenvalue weighted by molar-refractivity contribution is 7.78. The van der Waals surface area contributed by atoms with Crippen LogP contribution in [-0.4, -0.2) is 5.16 Å². The van der Waals surface area contributed by atoms with E-state index in [9.17, 15) is 4.39 Å². The van der Waals surface area contributed by atoms with E-state index in [1.54, 1.807) is 17.4 Å². The molecular formula is C18H16FNS3. The fraction of sp³-hybridized carbons (Fsp3) is 0.278. The van der Waals surface area contributed by atoms with Crippen molar-refractivity contribution < 1.29 is 4.39 Å². The highest BCUT2D eigenvalue weighted by Gasteiger charge is 2.10. The maximum atomic E-state index is 14.0. The highest BCUT2D eigenvalue weighted by atomic mass is 32.1. The number of fused-ring (bicyclic) bond motifs is 1. The first-order valence-electron chi connectivity index (χ1n) is 7.61. The van der Waals surface area contributed by atoms with Crippen LogP contribution in [0.4, 0.5) is 10.1 Å². The molecule has 0 spiro atoms. The third-order valence-corrected chi connectivity index (χ3v) is 6.18. The van der Waals surface area contributed by atoms with E-state index in [0.29, 0.717) is 0 Å². The van der Waals surface area contributed by atoms with Crippen molar-refractivity contribution in [3.8, 4) is 10.4 Å². The summed E-state index contributed by atoms with van der Waals surface area (Å²) in [4.78, 5) is 6.25. The number of aryl methyl sites for hydroxylation is 1. The van der Waals surface area contributed by atoms with Gasteiger partial charge in [0, 0.05) is 19.2 Å². The lowest BCUT2D eigenvalue weighted by atomic mass is 10.1. The number of thiophene rings is 2. The number of nitrogens with zero attached hydrogens (tertiary/aromatic N) is 1. The second-order valence-electron chi connectivity index (χ2n) is 5.38. The van der Waals surface area contributed by atoms with Crippen molar-refractivity contribution in [1.82, 2.24) is 0 Å². The van der Waals surface area contributed by atoms with E-state index in [1.165, 1.54) is 39.6 Å². The molecule has 0 amide bonds. The Bertz CT molecular complexity index is 840. The molecule has 0 radical (unpaired) electrons. The average molecular weight is 362 g/mol. The summed E-state index contributed by atoms with van der Waals surface area (Å²) in [5.74, 6) is -0.364. The number of benzene rings is 1. The molecule has 0 unspecified atom stereocenters. The van der Waals surface area contributed by atoms with Gasteiger partial charge in [-0.3, -0.25) is 0 Å². The third-order valence-electron chi connectivity index (χ3n) is 3.68. The van der Waals surface area contributed by atoms with Gasteiger partial charge in [0.1, 0.15) is 11.5 Å². The smallest absolute Gasteiger partial charge is 0.150 e. The molecule has 0 aliphatic carbocycles. The molecule has 2 heterocycles. The van der Waals surface area contributed by atoms with Crippen LogP contribution in [0.25, 0.3) is 19.8 Å². The van der Waals surface area contributed by atoms with E-state index in [4.69, 9.17) is 0 Å². The standard InChI is InChI=1S/C18H16FNS3/c1-2-3-4-5-13-9-17-18(22-13)10-16(23-17)12-6-7-15(20-11-21)14(19)8-12/h6-10H,2-5H2,1H3. The summed E-state index contributed by atoms with van der Waals surface area (Å²) in [6.07, 6.45) is 4.95. The number of rotatable bonds is 6. The third kappa shape index (κ3) is 3.75. The van der Waals surface area contributed by atoms with Crippen molar-refractivity contribution in [2.45, 2.75) is 32.6 Å². The Labute approximate surface area is 148 Å². The van der Waals surface area contributed by atoms with Crippen LogP contribution < -0.4 is 0 Å². The summed E-state index contributed by atoms with van der Waals surface area (Å²) >= 11 is 8.09. The van der Waals surface area contributed by atoms with Crippen LogP contribution in [0.1, 0.15) is 31.1 Å². The highest BCUT2D eigenvalue weighted by Crippen LogP contribution is 2.39. The molecule has 1 aromatic carbocycles. The summed E-state index contributed by atoms with van der Waals surface area (Å²) in [6, 6.07) is 9.49. The molecule has 0 aliphatic heterocycles. The molecule has 118 valence electrons. The van der Waals surface area contributed by atoms with Gasteiger partial charge in [-0.1, -0.05) is 25.8 Å². The van der Waals surface area contributed by atoms with Gasteiger partial charge in [-0.15, -0.1) is 22.7 Å². The van der Waals surface area contributed by atoms with Crippen LogP contribution in [0.2, 0.25) is 0 Å². The molecule has 1 nitrogen and oxygen atoms in total. The van der Waals surface area contributed by atoms with Crippen LogP contribution in [0.15, 0.2) is 35.3 Å². The first-order chi connectivity index (χ1) is 11.2. The molecule has 3 rings (SSSR count). The molecule has 0 N–H and O–H groups in total. The lowest BCUT2D eigenvalue weighted by Crippen LogP contribution is -1.79. The van der Waals surface area contributed by atoms with E-state index >= 15 is 0 Å². The van der Waals surface area contributed by atoms with Gasteiger partial charge >= 0.3 is 0 Å². The normalized spacial score (nSPS) is 10.9. The number of halogens is 1. The average Bonchev–Trinajstić information content (AvgIpc) is 3.08. The summed E-state index contributed by atoms with van der Waals surface area (Å²) in [7, 11) is 0. The van der Waals surface area contributed by atoms with Crippen molar-refractivity contribution in [2.75, 3.05) is 0 Å². The minimum Gasteiger partial charge on any atom is -0.205 e. The minimum absolute atomic E-state index is 0.236. The van der Waals surface area contributed by atoms with E-state index in [-0.39, 0.29) is 11.5 Å². The fourth-order valence-corrected chi connectivity index (χ4v) is 5.06. The Morgan fingerprint density at radius 2 is 1.96 bits per heavy atom. The molecular weight excluding hydrogens is 345 g/mol. The number of aliphatic imine (C=N–C) groups is 1. The predicted octanol–water partition coefficient (Wildman–Crippen LogP) is 7.24. The van der Waals surface area contributed by atoms with Gasteiger partial charge in [0.05, 0.1) is 5.16 Å². The van der Waals surface area contributed by atoms with Gasteiger partial charge in [-0.25, -0.2) is 4.39 Å². The molecule has 0 bridgehead atoms.